The molecule has 0 atom stereocenters. The van der Waals surface area contributed by atoms with Crippen molar-refractivity contribution in [3.8, 4) is 0 Å². The number of carbonyl (C=O) groups excluding carboxylic acids is 2. The van der Waals surface area contributed by atoms with Crippen LogP contribution >= 0.6 is 0 Å². The van der Waals surface area contributed by atoms with Crippen LogP contribution in [0.2, 0.25) is 0 Å². The molecule has 1 aliphatic heterocycles. The maximum absolute atomic E-state index is 12.3. The summed E-state index contributed by atoms with van der Waals surface area (Å²) in [6.07, 6.45) is 4.38. The summed E-state index contributed by atoms with van der Waals surface area (Å²) < 4.78 is 0. The number of carbonyl (C=O) groups is 2. The zero-order chi connectivity index (χ0) is 14.4. The van der Waals surface area contributed by atoms with Crippen molar-refractivity contribution in [2.75, 3.05) is 39.3 Å². The number of nitrogens with zero attached hydrogens (tertiary/aromatic N) is 2. The van der Waals surface area contributed by atoms with Gasteiger partial charge in [-0.25, -0.2) is 0 Å². The van der Waals surface area contributed by atoms with Crippen molar-refractivity contribution in [3.63, 3.8) is 0 Å². The predicted octanol–water partition coefficient (Wildman–Crippen LogP) is 0.299. The quantitative estimate of drug-likeness (QED) is 0.832. The molecule has 6 heteroatoms. The fraction of sp³-hybridized carbons (Fsp3) is 0.571. The molecule has 110 valence electrons. The first-order valence-corrected chi connectivity index (χ1v) is 7.12. The van der Waals surface area contributed by atoms with Crippen molar-refractivity contribution in [1.29, 1.82) is 0 Å². The molecule has 1 aliphatic rings. The summed E-state index contributed by atoms with van der Waals surface area (Å²) in [5.74, 6) is 0.115. The van der Waals surface area contributed by atoms with E-state index >= 15 is 0 Å². The Bertz CT molecular complexity index is 444. The smallest absolute Gasteiger partial charge is 0.255 e. The molecular weight excluding hydrogens is 256 g/mol. The molecule has 0 bridgehead atoms. The molecule has 1 aromatic rings. The fourth-order valence-electron chi connectivity index (χ4n) is 2.43. The van der Waals surface area contributed by atoms with Crippen LogP contribution in [-0.4, -0.2) is 65.9 Å². The lowest BCUT2D eigenvalue weighted by atomic mass is 10.3. The number of likely N-dealkylation sites (N-methyl/N-ethyl adjacent to an activating group) is 1. The summed E-state index contributed by atoms with van der Waals surface area (Å²) in [5, 5.41) is 2.80. The second kappa shape index (κ2) is 7.09. The van der Waals surface area contributed by atoms with Crippen molar-refractivity contribution in [2.24, 2.45) is 0 Å². The standard InChI is InChI=1S/C14H22N4O2/c1-2-16-13(19)11-17-6-3-7-18(9-8-17)14(20)12-4-5-15-10-12/h4-5,10,15H,2-3,6-9,11H2,1H3,(H,16,19). The van der Waals surface area contributed by atoms with Gasteiger partial charge in [-0.2, -0.15) is 0 Å². The molecule has 1 saturated heterocycles. The zero-order valence-electron chi connectivity index (χ0n) is 11.9. The van der Waals surface area contributed by atoms with E-state index < -0.39 is 0 Å². The van der Waals surface area contributed by atoms with E-state index in [1.165, 1.54) is 0 Å². The van der Waals surface area contributed by atoms with Crippen LogP contribution in [0.1, 0.15) is 23.7 Å². The van der Waals surface area contributed by atoms with Gasteiger partial charge < -0.3 is 15.2 Å². The van der Waals surface area contributed by atoms with E-state index in [1.807, 2.05) is 11.8 Å². The van der Waals surface area contributed by atoms with Gasteiger partial charge in [-0.1, -0.05) is 0 Å². The predicted molar refractivity (Wildman–Crippen MR) is 76.4 cm³/mol. The normalized spacial score (nSPS) is 16.8. The topological polar surface area (TPSA) is 68.4 Å². The van der Waals surface area contributed by atoms with E-state index in [0.717, 1.165) is 26.1 Å². The minimum atomic E-state index is 0.0536. The van der Waals surface area contributed by atoms with Crippen molar-refractivity contribution in [3.05, 3.63) is 24.0 Å². The van der Waals surface area contributed by atoms with Crippen LogP contribution < -0.4 is 5.32 Å². The van der Waals surface area contributed by atoms with Crippen molar-refractivity contribution in [1.82, 2.24) is 20.1 Å². The van der Waals surface area contributed by atoms with Crippen molar-refractivity contribution >= 4 is 11.8 Å². The van der Waals surface area contributed by atoms with Gasteiger partial charge in [0.1, 0.15) is 0 Å². The molecule has 0 spiro atoms. The number of hydrogen-bond acceptors (Lipinski definition) is 3. The lowest BCUT2D eigenvalue weighted by Gasteiger charge is -2.21. The van der Waals surface area contributed by atoms with Crippen molar-refractivity contribution < 1.29 is 9.59 Å². The van der Waals surface area contributed by atoms with Crippen LogP contribution in [0.3, 0.4) is 0 Å². The second-order valence-electron chi connectivity index (χ2n) is 4.98. The van der Waals surface area contributed by atoms with E-state index in [-0.39, 0.29) is 11.8 Å². The number of amides is 2. The summed E-state index contributed by atoms with van der Waals surface area (Å²) in [5.41, 5.74) is 0.696. The number of hydrogen-bond donors (Lipinski definition) is 2. The Morgan fingerprint density at radius 1 is 1.30 bits per heavy atom. The molecule has 0 saturated carbocycles. The number of nitrogens with one attached hydrogen (secondary N) is 2. The Morgan fingerprint density at radius 2 is 2.15 bits per heavy atom. The molecular formula is C14H22N4O2. The van der Waals surface area contributed by atoms with Crippen molar-refractivity contribution in [2.45, 2.75) is 13.3 Å². The lowest BCUT2D eigenvalue weighted by molar-refractivity contribution is -0.122. The molecule has 0 aliphatic carbocycles. The first-order chi connectivity index (χ1) is 9.70. The highest BCUT2D eigenvalue weighted by atomic mass is 16.2. The number of aromatic nitrogens is 1. The Morgan fingerprint density at radius 3 is 2.85 bits per heavy atom. The lowest BCUT2D eigenvalue weighted by Crippen LogP contribution is -2.40. The van der Waals surface area contributed by atoms with Crippen LogP contribution in [-0.2, 0) is 4.79 Å². The van der Waals surface area contributed by atoms with Crippen LogP contribution in [0.4, 0.5) is 0 Å². The molecule has 0 radical (unpaired) electrons. The molecule has 6 nitrogen and oxygen atoms in total. The van der Waals surface area contributed by atoms with Crippen LogP contribution in [0.25, 0.3) is 0 Å². The van der Waals surface area contributed by atoms with Gasteiger partial charge in [0, 0.05) is 45.1 Å². The van der Waals surface area contributed by atoms with E-state index in [9.17, 15) is 9.59 Å². The number of H-pyrrole nitrogens is 1. The SMILES string of the molecule is CCNC(=O)CN1CCCN(C(=O)c2cc[nH]c2)CC1. The van der Waals surface area contributed by atoms with Gasteiger partial charge in [0.15, 0.2) is 0 Å². The Hall–Kier alpha value is -1.82. The third-order valence-corrected chi connectivity index (χ3v) is 3.46. The summed E-state index contributed by atoms with van der Waals surface area (Å²) in [4.78, 5) is 30.7. The van der Waals surface area contributed by atoms with Gasteiger partial charge in [0.25, 0.3) is 5.91 Å². The van der Waals surface area contributed by atoms with Crippen LogP contribution in [0.5, 0.6) is 0 Å². The third kappa shape index (κ3) is 3.84. The van der Waals surface area contributed by atoms with Gasteiger partial charge in [0.2, 0.25) is 5.91 Å². The third-order valence-electron chi connectivity index (χ3n) is 3.46. The Labute approximate surface area is 119 Å². The van der Waals surface area contributed by atoms with E-state index in [1.54, 1.807) is 18.5 Å². The highest BCUT2D eigenvalue weighted by molar-refractivity contribution is 5.94. The highest BCUT2D eigenvalue weighted by Crippen LogP contribution is 2.08. The highest BCUT2D eigenvalue weighted by Gasteiger charge is 2.21. The van der Waals surface area contributed by atoms with Crippen LogP contribution in [0.15, 0.2) is 18.5 Å². The average Bonchev–Trinajstić information content (AvgIpc) is 2.86. The molecule has 0 unspecified atom stereocenters. The average molecular weight is 278 g/mol. The van der Waals surface area contributed by atoms with Gasteiger partial charge in [-0.05, 0) is 19.4 Å². The molecule has 2 rings (SSSR count). The van der Waals surface area contributed by atoms with Gasteiger partial charge in [0.05, 0.1) is 12.1 Å². The monoisotopic (exact) mass is 278 g/mol. The summed E-state index contributed by atoms with van der Waals surface area (Å²) in [6.45, 7) is 6.00. The molecule has 1 aromatic heterocycles. The second-order valence-corrected chi connectivity index (χ2v) is 4.98. The minimum absolute atomic E-state index is 0.0536. The number of aromatic amines is 1. The molecule has 2 N–H and O–H groups in total. The Kier molecular flexibility index (Phi) is 5.17. The summed E-state index contributed by atoms with van der Waals surface area (Å²) in [7, 11) is 0. The molecule has 20 heavy (non-hydrogen) atoms. The van der Waals surface area contributed by atoms with Gasteiger partial charge in [-0.15, -0.1) is 0 Å². The minimum Gasteiger partial charge on any atom is -0.367 e. The fourth-order valence-corrected chi connectivity index (χ4v) is 2.43. The maximum atomic E-state index is 12.3. The molecule has 2 amide bonds. The summed E-state index contributed by atoms with van der Waals surface area (Å²) >= 11 is 0. The first-order valence-electron chi connectivity index (χ1n) is 7.12. The van der Waals surface area contributed by atoms with E-state index in [0.29, 0.717) is 25.2 Å². The maximum Gasteiger partial charge on any atom is 0.255 e. The van der Waals surface area contributed by atoms with Crippen LogP contribution in [0, 0.1) is 0 Å². The largest absolute Gasteiger partial charge is 0.367 e. The summed E-state index contributed by atoms with van der Waals surface area (Å²) in [6, 6.07) is 1.79. The van der Waals surface area contributed by atoms with Gasteiger partial charge in [-0.3, -0.25) is 14.5 Å². The zero-order valence-corrected chi connectivity index (χ0v) is 11.9. The van der Waals surface area contributed by atoms with E-state index in [2.05, 4.69) is 15.2 Å². The molecule has 2 heterocycles. The molecule has 1 fully saturated rings. The first kappa shape index (κ1) is 14.6. The molecule has 0 aromatic carbocycles. The number of rotatable bonds is 4. The van der Waals surface area contributed by atoms with Gasteiger partial charge >= 0.3 is 0 Å². The van der Waals surface area contributed by atoms with E-state index in [4.69, 9.17) is 0 Å². The Balaban J connectivity index is 1.86.